The van der Waals surface area contributed by atoms with Crippen LogP contribution in [0.4, 0.5) is 5.82 Å². The molecule has 0 aliphatic heterocycles. The van der Waals surface area contributed by atoms with E-state index in [0.29, 0.717) is 0 Å². The maximum atomic E-state index is 9.11. The first kappa shape index (κ1) is 10.9. The lowest BCUT2D eigenvalue weighted by Gasteiger charge is -2.14. The molecule has 2 rings (SSSR count). The number of hydrogen-bond donors (Lipinski definition) is 2. The number of rotatable bonds is 4. The molecule has 1 aromatic heterocycles. The molecule has 84 valence electrons. The average molecular weight is 216 g/mol. The van der Waals surface area contributed by atoms with Gasteiger partial charge >= 0.3 is 0 Å². The zero-order valence-electron chi connectivity index (χ0n) is 9.35. The highest BCUT2D eigenvalue weighted by molar-refractivity contribution is 5.80. The van der Waals surface area contributed by atoms with E-state index >= 15 is 0 Å². The second-order valence-corrected chi connectivity index (χ2v) is 3.82. The predicted octanol–water partition coefficient (Wildman–Crippen LogP) is 2.42. The van der Waals surface area contributed by atoms with Gasteiger partial charge in [0.2, 0.25) is 0 Å². The third kappa shape index (κ3) is 2.31. The van der Waals surface area contributed by atoms with Gasteiger partial charge in [0.25, 0.3) is 0 Å². The Morgan fingerprint density at radius 1 is 1.25 bits per heavy atom. The van der Waals surface area contributed by atoms with E-state index in [0.717, 1.165) is 23.1 Å². The Hall–Kier alpha value is -1.61. The summed E-state index contributed by atoms with van der Waals surface area (Å²) in [5.41, 5.74) is 0.972. The lowest BCUT2D eigenvalue weighted by atomic mass is 10.2. The van der Waals surface area contributed by atoms with E-state index in [9.17, 15) is 0 Å². The maximum absolute atomic E-state index is 9.11. The smallest absolute Gasteiger partial charge is 0.126 e. The number of nitrogens with zero attached hydrogens (tertiary/aromatic N) is 1. The van der Waals surface area contributed by atoms with Crippen molar-refractivity contribution in [2.24, 2.45) is 0 Å². The van der Waals surface area contributed by atoms with Crippen molar-refractivity contribution < 1.29 is 5.11 Å². The van der Waals surface area contributed by atoms with Gasteiger partial charge in [-0.1, -0.05) is 25.1 Å². The molecule has 0 spiro atoms. The fourth-order valence-corrected chi connectivity index (χ4v) is 1.63. The van der Waals surface area contributed by atoms with Gasteiger partial charge < -0.3 is 10.4 Å². The largest absolute Gasteiger partial charge is 0.394 e. The standard InChI is InChI=1S/C13H16N2O/c1-2-11(9-16)14-13-8-7-10-5-3-4-6-12(10)15-13/h3-8,11,16H,2,9H2,1H3,(H,14,15)/t11-/m0/s1. The summed E-state index contributed by atoms with van der Waals surface area (Å²) in [6.45, 7) is 2.17. The highest BCUT2D eigenvalue weighted by Gasteiger charge is 2.05. The van der Waals surface area contributed by atoms with Gasteiger partial charge in [0.1, 0.15) is 5.82 Å². The minimum Gasteiger partial charge on any atom is -0.394 e. The molecule has 2 N–H and O–H groups in total. The Kier molecular flexibility index (Phi) is 3.37. The van der Waals surface area contributed by atoms with Gasteiger partial charge in [0.05, 0.1) is 18.2 Å². The molecule has 3 nitrogen and oxygen atoms in total. The molecular formula is C13H16N2O. The molecule has 0 radical (unpaired) electrons. The predicted molar refractivity (Wildman–Crippen MR) is 66.5 cm³/mol. The Morgan fingerprint density at radius 3 is 2.81 bits per heavy atom. The van der Waals surface area contributed by atoms with E-state index < -0.39 is 0 Å². The number of benzene rings is 1. The van der Waals surface area contributed by atoms with Gasteiger partial charge in [-0.05, 0) is 24.6 Å². The molecule has 0 fully saturated rings. The third-order valence-corrected chi connectivity index (χ3v) is 2.66. The summed E-state index contributed by atoms with van der Waals surface area (Å²) in [6.07, 6.45) is 0.880. The second kappa shape index (κ2) is 4.94. The molecular weight excluding hydrogens is 200 g/mol. The van der Waals surface area contributed by atoms with Crippen LogP contribution in [0.2, 0.25) is 0 Å². The van der Waals surface area contributed by atoms with Gasteiger partial charge in [0, 0.05) is 5.39 Å². The van der Waals surface area contributed by atoms with E-state index in [2.05, 4.69) is 10.3 Å². The Labute approximate surface area is 95.1 Å². The van der Waals surface area contributed by atoms with Crippen molar-refractivity contribution >= 4 is 16.7 Å². The Bertz CT molecular complexity index is 466. The normalized spacial score (nSPS) is 12.6. The molecule has 3 heteroatoms. The molecule has 1 aromatic carbocycles. The molecule has 2 aromatic rings. The fraction of sp³-hybridized carbons (Fsp3) is 0.308. The summed E-state index contributed by atoms with van der Waals surface area (Å²) >= 11 is 0. The van der Waals surface area contributed by atoms with Gasteiger partial charge in [-0.25, -0.2) is 4.98 Å². The summed E-state index contributed by atoms with van der Waals surface area (Å²) in [5.74, 6) is 0.819. The number of hydrogen-bond acceptors (Lipinski definition) is 3. The number of para-hydroxylation sites is 1. The highest BCUT2D eigenvalue weighted by Crippen LogP contribution is 2.15. The van der Waals surface area contributed by atoms with Crippen LogP contribution in [0.3, 0.4) is 0 Å². The molecule has 0 unspecified atom stereocenters. The van der Waals surface area contributed by atoms with Crippen molar-refractivity contribution in [1.29, 1.82) is 0 Å². The molecule has 0 amide bonds. The summed E-state index contributed by atoms with van der Waals surface area (Å²) in [4.78, 5) is 4.49. The Morgan fingerprint density at radius 2 is 2.06 bits per heavy atom. The Balaban J connectivity index is 2.25. The number of anilines is 1. The summed E-state index contributed by atoms with van der Waals surface area (Å²) < 4.78 is 0. The summed E-state index contributed by atoms with van der Waals surface area (Å²) in [6, 6.07) is 12.1. The number of aromatic nitrogens is 1. The van der Waals surface area contributed by atoms with E-state index in [1.165, 1.54) is 0 Å². The number of aliphatic hydroxyl groups excluding tert-OH is 1. The number of nitrogens with one attached hydrogen (secondary N) is 1. The zero-order chi connectivity index (χ0) is 11.4. The first-order valence-corrected chi connectivity index (χ1v) is 5.56. The lowest BCUT2D eigenvalue weighted by molar-refractivity contribution is 0.271. The first-order chi connectivity index (χ1) is 7.83. The molecule has 1 heterocycles. The molecule has 0 aliphatic carbocycles. The molecule has 0 saturated heterocycles. The van der Waals surface area contributed by atoms with Crippen LogP contribution in [-0.2, 0) is 0 Å². The average Bonchev–Trinajstić information content (AvgIpc) is 2.35. The van der Waals surface area contributed by atoms with Crippen molar-refractivity contribution in [3.63, 3.8) is 0 Å². The van der Waals surface area contributed by atoms with Crippen molar-refractivity contribution in [2.75, 3.05) is 11.9 Å². The molecule has 1 atom stereocenters. The van der Waals surface area contributed by atoms with Crippen LogP contribution in [-0.4, -0.2) is 22.7 Å². The lowest BCUT2D eigenvalue weighted by Crippen LogP contribution is -2.23. The molecule has 0 aliphatic rings. The van der Waals surface area contributed by atoms with Crippen LogP contribution in [0.15, 0.2) is 36.4 Å². The van der Waals surface area contributed by atoms with Crippen molar-refractivity contribution in [3.8, 4) is 0 Å². The van der Waals surface area contributed by atoms with Crippen LogP contribution in [0.25, 0.3) is 10.9 Å². The van der Waals surface area contributed by atoms with E-state index in [1.54, 1.807) is 0 Å². The monoisotopic (exact) mass is 216 g/mol. The zero-order valence-corrected chi connectivity index (χ0v) is 9.35. The van der Waals surface area contributed by atoms with Crippen LogP contribution >= 0.6 is 0 Å². The SMILES string of the molecule is CC[C@@H](CO)Nc1ccc2ccccc2n1. The highest BCUT2D eigenvalue weighted by atomic mass is 16.3. The van der Waals surface area contributed by atoms with Gasteiger partial charge in [0.15, 0.2) is 0 Å². The molecule has 0 saturated carbocycles. The number of aliphatic hydroxyl groups is 1. The van der Waals surface area contributed by atoms with Gasteiger partial charge in [-0.3, -0.25) is 0 Å². The second-order valence-electron chi connectivity index (χ2n) is 3.82. The summed E-state index contributed by atoms with van der Waals surface area (Å²) in [5, 5.41) is 13.4. The van der Waals surface area contributed by atoms with Crippen molar-refractivity contribution in [2.45, 2.75) is 19.4 Å². The van der Waals surface area contributed by atoms with Crippen molar-refractivity contribution in [1.82, 2.24) is 4.98 Å². The topological polar surface area (TPSA) is 45.1 Å². The fourth-order valence-electron chi connectivity index (χ4n) is 1.63. The van der Waals surface area contributed by atoms with E-state index in [-0.39, 0.29) is 12.6 Å². The minimum atomic E-state index is 0.0775. The first-order valence-electron chi connectivity index (χ1n) is 5.56. The van der Waals surface area contributed by atoms with Crippen LogP contribution < -0.4 is 5.32 Å². The van der Waals surface area contributed by atoms with E-state index in [4.69, 9.17) is 5.11 Å². The molecule has 0 bridgehead atoms. The summed E-state index contributed by atoms with van der Waals surface area (Å²) in [7, 11) is 0. The van der Waals surface area contributed by atoms with Crippen LogP contribution in [0, 0.1) is 0 Å². The van der Waals surface area contributed by atoms with Gasteiger partial charge in [-0.15, -0.1) is 0 Å². The van der Waals surface area contributed by atoms with Crippen LogP contribution in [0.5, 0.6) is 0 Å². The van der Waals surface area contributed by atoms with Crippen molar-refractivity contribution in [3.05, 3.63) is 36.4 Å². The number of fused-ring (bicyclic) bond motifs is 1. The van der Waals surface area contributed by atoms with E-state index in [1.807, 2.05) is 43.3 Å². The number of pyridine rings is 1. The molecule has 16 heavy (non-hydrogen) atoms. The maximum Gasteiger partial charge on any atom is 0.126 e. The minimum absolute atomic E-state index is 0.0775. The third-order valence-electron chi connectivity index (χ3n) is 2.66. The van der Waals surface area contributed by atoms with Crippen LogP contribution in [0.1, 0.15) is 13.3 Å². The van der Waals surface area contributed by atoms with Gasteiger partial charge in [-0.2, -0.15) is 0 Å². The quantitative estimate of drug-likeness (QED) is 0.825.